The van der Waals surface area contributed by atoms with Crippen LogP contribution in [0.2, 0.25) is 0 Å². The van der Waals surface area contributed by atoms with Crippen LogP contribution in [0.5, 0.6) is 0 Å². The van der Waals surface area contributed by atoms with Crippen molar-refractivity contribution >= 4 is 11.8 Å². The van der Waals surface area contributed by atoms with Gasteiger partial charge in [-0.15, -0.1) is 0 Å². The van der Waals surface area contributed by atoms with Gasteiger partial charge in [0.05, 0.1) is 11.7 Å². The van der Waals surface area contributed by atoms with Gasteiger partial charge in [0, 0.05) is 24.7 Å². The van der Waals surface area contributed by atoms with E-state index in [2.05, 4.69) is 6.92 Å². The number of carbonyl (C=O) groups excluding carboxylic acids is 1. The van der Waals surface area contributed by atoms with Crippen LogP contribution < -0.4 is 0 Å². The Hall–Kier alpha value is -1.46. The molecule has 0 aromatic rings. The molecule has 0 aliphatic heterocycles. The van der Waals surface area contributed by atoms with Crippen molar-refractivity contribution in [2.45, 2.75) is 83.3 Å². The van der Waals surface area contributed by atoms with Gasteiger partial charge in [0.25, 0.3) is 0 Å². The number of hydrogen-bond donors (Lipinski definition) is 3. The molecule has 1 fully saturated rings. The number of rotatable bonds is 12. The van der Waals surface area contributed by atoms with Crippen molar-refractivity contribution in [1.82, 2.24) is 0 Å². The van der Waals surface area contributed by atoms with Gasteiger partial charge in [0.2, 0.25) is 0 Å². The smallest absolute Gasteiger partial charge is 0.303 e. The van der Waals surface area contributed by atoms with Crippen LogP contribution in [0.15, 0.2) is 24.3 Å². The summed E-state index contributed by atoms with van der Waals surface area (Å²) in [7, 11) is 0. The molecule has 0 saturated heterocycles. The van der Waals surface area contributed by atoms with Crippen molar-refractivity contribution in [3.63, 3.8) is 0 Å². The van der Waals surface area contributed by atoms with Gasteiger partial charge >= 0.3 is 5.97 Å². The predicted molar refractivity (Wildman–Crippen MR) is 102 cm³/mol. The summed E-state index contributed by atoms with van der Waals surface area (Å²) in [6.07, 6.45) is 12.5. The number of aliphatic hydroxyl groups is 2. The molecule has 1 aliphatic carbocycles. The Morgan fingerprint density at radius 3 is 2.65 bits per heavy atom. The van der Waals surface area contributed by atoms with Gasteiger partial charge in [-0.3, -0.25) is 9.59 Å². The Balaban J connectivity index is 2.58. The molecule has 1 saturated carbocycles. The third-order valence-electron chi connectivity index (χ3n) is 5.01. The number of carboxylic acid groups (broad SMARTS) is 1. The summed E-state index contributed by atoms with van der Waals surface area (Å²) in [4.78, 5) is 22.6. The van der Waals surface area contributed by atoms with Crippen LogP contribution in [0.1, 0.15) is 71.6 Å². The van der Waals surface area contributed by atoms with Crippen molar-refractivity contribution < 1.29 is 24.9 Å². The summed E-state index contributed by atoms with van der Waals surface area (Å²) in [6.45, 7) is 3.88. The second-order valence-corrected chi connectivity index (χ2v) is 7.59. The maximum absolute atomic E-state index is 12.2. The number of carboxylic acids is 1. The first-order chi connectivity index (χ1) is 12.3. The Labute approximate surface area is 156 Å². The van der Waals surface area contributed by atoms with Crippen molar-refractivity contribution in [3.8, 4) is 0 Å². The van der Waals surface area contributed by atoms with Crippen LogP contribution in [-0.4, -0.2) is 38.8 Å². The van der Waals surface area contributed by atoms with Crippen LogP contribution in [0.3, 0.4) is 0 Å². The molecule has 4 atom stereocenters. The van der Waals surface area contributed by atoms with E-state index in [1.807, 2.05) is 18.2 Å². The minimum Gasteiger partial charge on any atom is -0.481 e. The third-order valence-corrected chi connectivity index (χ3v) is 5.01. The van der Waals surface area contributed by atoms with Crippen LogP contribution >= 0.6 is 0 Å². The van der Waals surface area contributed by atoms with E-state index < -0.39 is 17.7 Å². The fourth-order valence-corrected chi connectivity index (χ4v) is 3.39. The molecule has 3 N–H and O–H groups in total. The molecular weight excluding hydrogens is 332 g/mol. The summed E-state index contributed by atoms with van der Waals surface area (Å²) in [5.41, 5.74) is -0.919. The molecule has 3 unspecified atom stereocenters. The fourth-order valence-electron chi connectivity index (χ4n) is 3.39. The summed E-state index contributed by atoms with van der Waals surface area (Å²) in [5.74, 6) is -1.30. The van der Waals surface area contributed by atoms with Gasteiger partial charge in [0.1, 0.15) is 5.78 Å². The van der Waals surface area contributed by atoms with Gasteiger partial charge in [-0.25, -0.2) is 0 Å². The Morgan fingerprint density at radius 1 is 1.27 bits per heavy atom. The Kier molecular flexibility index (Phi) is 9.81. The van der Waals surface area contributed by atoms with E-state index in [1.54, 1.807) is 13.0 Å². The fraction of sp³-hybridized carbons (Fsp3) is 0.714. The summed E-state index contributed by atoms with van der Waals surface area (Å²) >= 11 is 0. The second-order valence-electron chi connectivity index (χ2n) is 7.59. The lowest BCUT2D eigenvalue weighted by Gasteiger charge is -2.21. The largest absolute Gasteiger partial charge is 0.481 e. The standard InChI is InChI=1S/C21H34O5/c1-3-4-9-13-21(2,26)14-12-17-16(18(22)15-19(17)23)10-7-5-6-8-11-20(24)25/h5,7,12,14,16-17,19,23,26H,3-4,6,8-11,13,15H2,1-2H3,(H,24,25)/b7-5-,14-12+/t16?,17-,19?,21?/m1/s1. The van der Waals surface area contributed by atoms with E-state index in [1.165, 1.54) is 0 Å². The Bertz CT molecular complexity index is 507. The molecule has 148 valence electrons. The van der Waals surface area contributed by atoms with Crippen LogP contribution in [0, 0.1) is 11.8 Å². The molecule has 0 heterocycles. The van der Waals surface area contributed by atoms with E-state index in [0.717, 1.165) is 19.3 Å². The lowest BCUT2D eigenvalue weighted by atomic mass is 9.88. The number of carbonyl (C=O) groups is 2. The monoisotopic (exact) mass is 366 g/mol. The van der Waals surface area contributed by atoms with E-state index in [-0.39, 0.29) is 30.5 Å². The Morgan fingerprint density at radius 2 is 2.00 bits per heavy atom. The molecular formula is C21H34O5. The van der Waals surface area contributed by atoms with Crippen LogP contribution in [-0.2, 0) is 9.59 Å². The van der Waals surface area contributed by atoms with Crippen LogP contribution in [0.25, 0.3) is 0 Å². The number of Topliss-reactive ketones (excluding diaryl/α,β-unsaturated/α-hetero) is 1. The SMILES string of the molecule is CCCCCC(C)(O)/C=C/[C@H]1C(O)CC(=O)C1C/C=C\CCCC(=O)O. The number of aliphatic carboxylic acids is 1. The summed E-state index contributed by atoms with van der Waals surface area (Å²) in [5, 5.41) is 29.3. The molecule has 1 aliphatic rings. The van der Waals surface area contributed by atoms with Gasteiger partial charge in [-0.05, 0) is 32.6 Å². The maximum Gasteiger partial charge on any atom is 0.303 e. The van der Waals surface area contributed by atoms with Gasteiger partial charge < -0.3 is 15.3 Å². The van der Waals surface area contributed by atoms with Crippen molar-refractivity contribution in [2.24, 2.45) is 11.8 Å². The summed E-state index contributed by atoms with van der Waals surface area (Å²) in [6, 6.07) is 0. The second kappa shape index (κ2) is 11.3. The summed E-state index contributed by atoms with van der Waals surface area (Å²) < 4.78 is 0. The third kappa shape index (κ3) is 8.28. The number of unbranched alkanes of at least 4 members (excludes halogenated alkanes) is 3. The first kappa shape index (κ1) is 22.6. The zero-order valence-electron chi connectivity index (χ0n) is 16.1. The molecule has 0 aromatic heterocycles. The molecule has 0 aromatic carbocycles. The first-order valence-corrected chi connectivity index (χ1v) is 9.76. The number of allylic oxidation sites excluding steroid dienone is 2. The average molecular weight is 366 g/mol. The molecule has 5 nitrogen and oxygen atoms in total. The molecule has 0 amide bonds. The highest BCUT2D eigenvalue weighted by Gasteiger charge is 2.39. The highest BCUT2D eigenvalue weighted by atomic mass is 16.4. The minimum atomic E-state index is -0.919. The highest BCUT2D eigenvalue weighted by molar-refractivity contribution is 5.84. The molecule has 0 spiro atoms. The number of ketones is 1. The van der Waals surface area contributed by atoms with Gasteiger partial charge in [-0.1, -0.05) is 50.5 Å². The first-order valence-electron chi connectivity index (χ1n) is 9.76. The quantitative estimate of drug-likeness (QED) is 0.362. The van der Waals surface area contributed by atoms with Crippen molar-refractivity contribution in [1.29, 1.82) is 0 Å². The minimum absolute atomic E-state index is 0.0490. The maximum atomic E-state index is 12.2. The molecule has 5 heteroatoms. The number of hydrogen-bond acceptors (Lipinski definition) is 4. The molecule has 26 heavy (non-hydrogen) atoms. The van der Waals surface area contributed by atoms with E-state index in [0.29, 0.717) is 25.7 Å². The lowest BCUT2D eigenvalue weighted by molar-refractivity contribution is -0.137. The molecule has 0 bridgehead atoms. The van der Waals surface area contributed by atoms with E-state index in [4.69, 9.17) is 5.11 Å². The van der Waals surface area contributed by atoms with Crippen LogP contribution in [0.4, 0.5) is 0 Å². The van der Waals surface area contributed by atoms with Gasteiger partial charge in [0.15, 0.2) is 0 Å². The normalized spacial score (nSPS) is 26.0. The van der Waals surface area contributed by atoms with E-state index >= 15 is 0 Å². The lowest BCUT2D eigenvalue weighted by Crippen LogP contribution is -2.23. The number of aliphatic hydroxyl groups excluding tert-OH is 1. The molecule has 1 rings (SSSR count). The topological polar surface area (TPSA) is 94.8 Å². The van der Waals surface area contributed by atoms with Crippen molar-refractivity contribution in [3.05, 3.63) is 24.3 Å². The zero-order valence-corrected chi connectivity index (χ0v) is 16.1. The predicted octanol–water partition coefficient (Wildman–Crippen LogP) is 3.64. The average Bonchev–Trinajstić information content (AvgIpc) is 2.82. The van der Waals surface area contributed by atoms with Crippen molar-refractivity contribution in [2.75, 3.05) is 0 Å². The van der Waals surface area contributed by atoms with E-state index in [9.17, 15) is 19.8 Å². The highest BCUT2D eigenvalue weighted by Crippen LogP contribution is 2.34. The van der Waals surface area contributed by atoms with Gasteiger partial charge in [-0.2, -0.15) is 0 Å². The zero-order chi connectivity index (χ0) is 19.6. The molecule has 0 radical (unpaired) electrons.